The maximum Gasteiger partial charge on any atom is 0.282 e. The van der Waals surface area contributed by atoms with Crippen molar-refractivity contribution in [2.45, 2.75) is 40.2 Å². The third-order valence-corrected chi connectivity index (χ3v) is 8.05. The zero-order chi connectivity index (χ0) is 33.1. The molecule has 0 fully saturated rings. The van der Waals surface area contributed by atoms with Crippen molar-refractivity contribution in [3.63, 3.8) is 0 Å². The first kappa shape index (κ1) is 31.2. The molecule has 5 aromatic carbocycles. The molecule has 0 atom stereocenters. The average molecular weight is 627 g/mol. The van der Waals surface area contributed by atoms with Gasteiger partial charge in [-0.15, -0.1) is 0 Å². The molecule has 0 unspecified atom stereocenters. The molecule has 0 saturated heterocycles. The molecule has 0 aliphatic carbocycles. The Labute approximate surface area is 271 Å². The molecule has 9 nitrogen and oxygen atoms in total. The SMILES string of the molecule is CCOc1cc(C)c(-c2nc3ccccc3c(=O)n2N=Cc2c(OCc3ccc([N+](=O)[O-])cc3)ccc3ccccc23)cc1C(C)C. The Morgan fingerprint density at radius 2 is 1.64 bits per heavy atom. The van der Waals surface area contributed by atoms with Crippen LogP contribution in [0.2, 0.25) is 0 Å². The van der Waals surface area contributed by atoms with Crippen LogP contribution in [0.4, 0.5) is 5.69 Å². The van der Waals surface area contributed by atoms with Gasteiger partial charge in [-0.3, -0.25) is 14.9 Å². The van der Waals surface area contributed by atoms with Crippen LogP contribution >= 0.6 is 0 Å². The molecule has 0 radical (unpaired) electrons. The fourth-order valence-corrected chi connectivity index (χ4v) is 5.60. The van der Waals surface area contributed by atoms with E-state index in [1.54, 1.807) is 24.4 Å². The number of nitro groups is 1. The van der Waals surface area contributed by atoms with Crippen molar-refractivity contribution in [1.82, 2.24) is 9.66 Å². The molecular weight excluding hydrogens is 592 g/mol. The summed E-state index contributed by atoms with van der Waals surface area (Å²) < 4.78 is 13.6. The summed E-state index contributed by atoms with van der Waals surface area (Å²) in [6.07, 6.45) is 1.64. The number of ether oxygens (including phenoxy) is 2. The maximum absolute atomic E-state index is 14.1. The quantitative estimate of drug-likeness (QED) is 0.0858. The minimum atomic E-state index is -0.432. The van der Waals surface area contributed by atoms with Crippen LogP contribution in [0.1, 0.15) is 48.9 Å². The smallest absolute Gasteiger partial charge is 0.282 e. The molecule has 0 aliphatic heterocycles. The minimum absolute atomic E-state index is 0.0146. The number of aromatic nitrogens is 2. The number of hydrogen-bond donors (Lipinski definition) is 0. The summed E-state index contributed by atoms with van der Waals surface area (Å²) in [4.78, 5) is 29.7. The highest BCUT2D eigenvalue weighted by atomic mass is 16.6. The van der Waals surface area contributed by atoms with Gasteiger partial charge in [0, 0.05) is 23.3 Å². The highest BCUT2D eigenvalue weighted by Crippen LogP contribution is 2.35. The van der Waals surface area contributed by atoms with Gasteiger partial charge in [-0.1, -0.05) is 56.3 Å². The first-order chi connectivity index (χ1) is 22.7. The van der Waals surface area contributed by atoms with Crippen molar-refractivity contribution in [3.8, 4) is 22.9 Å². The average Bonchev–Trinajstić information content (AvgIpc) is 3.07. The van der Waals surface area contributed by atoms with E-state index in [9.17, 15) is 14.9 Å². The lowest BCUT2D eigenvalue weighted by Gasteiger charge is -2.18. The minimum Gasteiger partial charge on any atom is -0.494 e. The molecule has 1 heterocycles. The second kappa shape index (κ2) is 13.3. The van der Waals surface area contributed by atoms with Gasteiger partial charge in [0.1, 0.15) is 18.1 Å². The van der Waals surface area contributed by atoms with Crippen LogP contribution in [0, 0.1) is 17.0 Å². The van der Waals surface area contributed by atoms with E-state index in [4.69, 9.17) is 19.6 Å². The summed E-state index contributed by atoms with van der Waals surface area (Å²) in [6, 6.07) is 29.2. The third kappa shape index (κ3) is 6.33. The van der Waals surface area contributed by atoms with E-state index in [0.29, 0.717) is 34.6 Å². The van der Waals surface area contributed by atoms with E-state index in [0.717, 1.165) is 38.8 Å². The number of fused-ring (bicyclic) bond motifs is 2. The van der Waals surface area contributed by atoms with Crippen LogP contribution in [-0.4, -0.2) is 27.4 Å². The highest BCUT2D eigenvalue weighted by molar-refractivity contribution is 6.02. The fourth-order valence-electron chi connectivity index (χ4n) is 5.60. The Morgan fingerprint density at radius 3 is 2.36 bits per heavy atom. The third-order valence-electron chi connectivity index (χ3n) is 8.05. The largest absolute Gasteiger partial charge is 0.494 e. The van der Waals surface area contributed by atoms with E-state index in [2.05, 4.69) is 13.8 Å². The topological polar surface area (TPSA) is 109 Å². The summed E-state index contributed by atoms with van der Waals surface area (Å²) in [5.74, 6) is 1.95. The number of rotatable bonds is 10. The lowest BCUT2D eigenvalue weighted by Crippen LogP contribution is -2.21. The van der Waals surface area contributed by atoms with Crippen molar-refractivity contribution in [1.29, 1.82) is 0 Å². The number of benzene rings is 5. The molecule has 0 saturated carbocycles. The van der Waals surface area contributed by atoms with E-state index in [1.165, 1.54) is 16.8 Å². The van der Waals surface area contributed by atoms with E-state index >= 15 is 0 Å². The molecule has 0 aliphatic rings. The Kier molecular flexibility index (Phi) is 8.79. The van der Waals surface area contributed by atoms with E-state index in [-0.39, 0.29) is 23.8 Å². The molecule has 9 heteroatoms. The van der Waals surface area contributed by atoms with E-state index in [1.807, 2.05) is 80.6 Å². The van der Waals surface area contributed by atoms with Crippen LogP contribution < -0.4 is 15.0 Å². The summed E-state index contributed by atoms with van der Waals surface area (Å²) in [5.41, 5.74) is 4.46. The van der Waals surface area contributed by atoms with Gasteiger partial charge in [-0.2, -0.15) is 9.78 Å². The van der Waals surface area contributed by atoms with Gasteiger partial charge in [-0.05, 0) is 89.7 Å². The monoisotopic (exact) mass is 626 g/mol. The first-order valence-corrected chi connectivity index (χ1v) is 15.5. The van der Waals surface area contributed by atoms with Crippen LogP contribution in [-0.2, 0) is 6.61 Å². The first-order valence-electron chi connectivity index (χ1n) is 15.5. The van der Waals surface area contributed by atoms with Crippen LogP contribution in [0.25, 0.3) is 33.1 Å². The Balaban J connectivity index is 1.50. The Bertz CT molecular complexity index is 2200. The van der Waals surface area contributed by atoms with Crippen molar-refractivity contribution in [2.24, 2.45) is 5.10 Å². The molecular formula is C38H34N4O5. The van der Waals surface area contributed by atoms with Crippen LogP contribution in [0.3, 0.4) is 0 Å². The number of non-ortho nitro benzene ring substituents is 1. The van der Waals surface area contributed by atoms with Gasteiger partial charge >= 0.3 is 0 Å². The predicted octanol–water partition coefficient (Wildman–Crippen LogP) is 8.42. The van der Waals surface area contributed by atoms with Crippen molar-refractivity contribution < 1.29 is 14.4 Å². The number of hydrogen-bond acceptors (Lipinski definition) is 7. The second-order valence-corrected chi connectivity index (χ2v) is 11.5. The Hall–Kier alpha value is -5.83. The van der Waals surface area contributed by atoms with Gasteiger partial charge in [-0.25, -0.2) is 4.98 Å². The zero-order valence-corrected chi connectivity index (χ0v) is 26.6. The summed E-state index contributed by atoms with van der Waals surface area (Å²) >= 11 is 0. The van der Waals surface area contributed by atoms with Gasteiger partial charge in [0.05, 0.1) is 28.6 Å². The normalized spacial score (nSPS) is 11.5. The van der Waals surface area contributed by atoms with Crippen LogP contribution in [0.5, 0.6) is 11.5 Å². The maximum atomic E-state index is 14.1. The predicted molar refractivity (Wildman–Crippen MR) is 186 cm³/mol. The van der Waals surface area contributed by atoms with Crippen molar-refractivity contribution in [2.75, 3.05) is 6.61 Å². The second-order valence-electron chi connectivity index (χ2n) is 11.5. The summed E-state index contributed by atoms with van der Waals surface area (Å²) in [7, 11) is 0. The lowest BCUT2D eigenvalue weighted by molar-refractivity contribution is -0.384. The summed E-state index contributed by atoms with van der Waals surface area (Å²) in [6.45, 7) is 8.88. The van der Waals surface area contributed by atoms with Gasteiger partial charge in [0.2, 0.25) is 0 Å². The van der Waals surface area contributed by atoms with Crippen molar-refractivity contribution >= 4 is 33.6 Å². The van der Waals surface area contributed by atoms with Gasteiger partial charge in [0.25, 0.3) is 11.2 Å². The summed E-state index contributed by atoms with van der Waals surface area (Å²) in [5, 5.41) is 18.2. The number of aryl methyl sites for hydroxylation is 1. The number of para-hydroxylation sites is 1. The standard InChI is InChI=1S/C38H34N4O5/c1-5-46-36-20-25(4)32(21-31(36)24(2)3)37-40-34-13-9-8-12-30(34)38(43)41(37)39-22-33-29-11-7-6-10-27(29)16-19-35(33)47-23-26-14-17-28(18-15-26)42(44)45/h6-22,24H,5,23H2,1-4H3. The molecule has 0 bridgehead atoms. The molecule has 236 valence electrons. The number of nitro benzene ring substituents is 1. The van der Waals surface area contributed by atoms with Crippen LogP contribution in [0.15, 0.2) is 107 Å². The molecule has 0 amide bonds. The molecule has 47 heavy (non-hydrogen) atoms. The molecule has 6 aromatic rings. The molecule has 1 aromatic heterocycles. The molecule has 6 rings (SSSR count). The molecule has 0 N–H and O–H groups in total. The van der Waals surface area contributed by atoms with Crippen molar-refractivity contribution in [3.05, 3.63) is 140 Å². The lowest BCUT2D eigenvalue weighted by atomic mass is 9.96. The van der Waals surface area contributed by atoms with Gasteiger partial charge in [0.15, 0.2) is 5.82 Å². The Morgan fingerprint density at radius 1 is 0.915 bits per heavy atom. The number of nitrogens with zero attached hydrogens (tertiary/aromatic N) is 4. The fraction of sp³-hybridized carbons (Fsp3) is 0.184. The van der Waals surface area contributed by atoms with E-state index < -0.39 is 4.92 Å². The van der Waals surface area contributed by atoms with Gasteiger partial charge < -0.3 is 9.47 Å². The molecule has 0 spiro atoms. The zero-order valence-electron chi connectivity index (χ0n) is 26.6. The highest BCUT2D eigenvalue weighted by Gasteiger charge is 2.19.